The standard InChI is InChI=1S/2C13H16O2.CH4/c1-2-5-10(6-3-1)9-14-11-7-4-8-12-13(11)15-12;14-12-8-4-5-9-13(12)15-10-11-6-2-1-3-7-11;/h1-3,5-6,11-13H,4,7-9H2;1-4,6-8,12-14H,5,9-10H2;1H4. The van der Waals surface area contributed by atoms with E-state index < -0.39 is 6.10 Å². The largest absolute Gasteiger partial charge is 0.386 e. The van der Waals surface area contributed by atoms with Gasteiger partial charge in [-0.1, -0.05) is 80.2 Å². The van der Waals surface area contributed by atoms with Gasteiger partial charge in [-0.2, -0.15) is 0 Å². The van der Waals surface area contributed by atoms with Crippen molar-refractivity contribution in [3.8, 4) is 0 Å². The lowest BCUT2D eigenvalue weighted by atomic mass is 9.98. The molecular weight excluding hydrogens is 388 g/mol. The number of rotatable bonds is 6. The summed E-state index contributed by atoms with van der Waals surface area (Å²) in [5.41, 5.74) is 2.40. The summed E-state index contributed by atoms with van der Waals surface area (Å²) in [6, 6.07) is 20.4. The molecule has 2 aromatic carbocycles. The Balaban J connectivity index is 0.000000170. The highest BCUT2D eigenvalue weighted by Gasteiger charge is 2.47. The first-order chi connectivity index (χ1) is 14.8. The maximum Gasteiger partial charge on any atom is 0.110 e. The number of aliphatic hydroxyl groups excluding tert-OH is 1. The fraction of sp³-hybridized carbons (Fsp3) is 0.481. The number of aliphatic hydroxyl groups is 1. The van der Waals surface area contributed by atoms with Crippen molar-refractivity contribution in [2.24, 2.45) is 0 Å². The van der Waals surface area contributed by atoms with Crippen LogP contribution >= 0.6 is 0 Å². The number of allylic oxidation sites excluding steroid dienone is 1. The van der Waals surface area contributed by atoms with Crippen molar-refractivity contribution in [1.82, 2.24) is 0 Å². The van der Waals surface area contributed by atoms with Crippen molar-refractivity contribution in [2.45, 2.75) is 83.3 Å². The highest BCUT2D eigenvalue weighted by atomic mass is 16.6. The van der Waals surface area contributed by atoms with Crippen LogP contribution in [0.4, 0.5) is 0 Å². The van der Waals surface area contributed by atoms with Gasteiger partial charge in [-0.25, -0.2) is 0 Å². The SMILES string of the molecule is C.OC1C=CCCC1OCc1ccccc1.c1ccc(COC2CCCC3OC23)cc1. The zero-order chi connectivity index (χ0) is 20.6. The normalized spacial score (nSPS) is 28.5. The van der Waals surface area contributed by atoms with E-state index in [1.165, 1.54) is 18.4 Å². The number of hydrogen-bond donors (Lipinski definition) is 1. The fourth-order valence-corrected chi connectivity index (χ4v) is 4.11. The maximum atomic E-state index is 9.64. The molecule has 0 amide bonds. The van der Waals surface area contributed by atoms with Crippen LogP contribution in [-0.4, -0.2) is 35.6 Å². The molecule has 4 heteroatoms. The van der Waals surface area contributed by atoms with Gasteiger partial charge < -0.3 is 19.3 Å². The lowest BCUT2D eigenvalue weighted by Crippen LogP contribution is -2.29. The Morgan fingerprint density at radius 1 is 0.806 bits per heavy atom. The van der Waals surface area contributed by atoms with E-state index in [9.17, 15) is 5.11 Å². The van der Waals surface area contributed by atoms with Crippen LogP contribution in [0.15, 0.2) is 72.8 Å². The molecule has 3 aliphatic rings. The molecule has 2 aliphatic carbocycles. The highest BCUT2D eigenvalue weighted by Crippen LogP contribution is 2.38. The molecule has 1 heterocycles. The van der Waals surface area contributed by atoms with Crippen molar-refractivity contribution >= 4 is 0 Å². The Morgan fingerprint density at radius 3 is 2.03 bits per heavy atom. The third kappa shape index (κ3) is 7.29. The van der Waals surface area contributed by atoms with Gasteiger partial charge in [-0.05, 0) is 43.2 Å². The monoisotopic (exact) mass is 424 g/mol. The van der Waals surface area contributed by atoms with Crippen molar-refractivity contribution in [2.75, 3.05) is 0 Å². The molecule has 2 fully saturated rings. The number of fused-ring (bicyclic) bond motifs is 1. The number of ether oxygens (including phenoxy) is 3. The Hall–Kier alpha value is -1.98. The molecule has 168 valence electrons. The van der Waals surface area contributed by atoms with E-state index >= 15 is 0 Å². The summed E-state index contributed by atoms with van der Waals surface area (Å²) < 4.78 is 17.1. The Bertz CT molecular complexity index is 776. The second-order valence-electron chi connectivity index (χ2n) is 8.24. The summed E-state index contributed by atoms with van der Waals surface area (Å²) >= 11 is 0. The predicted octanol–water partition coefficient (Wildman–Crippen LogP) is 5.44. The summed E-state index contributed by atoms with van der Waals surface area (Å²) in [5, 5.41) is 9.64. The molecule has 0 radical (unpaired) electrons. The molecule has 1 saturated carbocycles. The molecule has 0 aromatic heterocycles. The van der Waals surface area contributed by atoms with E-state index in [2.05, 4.69) is 24.3 Å². The van der Waals surface area contributed by atoms with Crippen LogP contribution < -0.4 is 0 Å². The van der Waals surface area contributed by atoms with Gasteiger partial charge in [-0.15, -0.1) is 0 Å². The number of hydrogen-bond acceptors (Lipinski definition) is 4. The van der Waals surface area contributed by atoms with Gasteiger partial charge in [0.05, 0.1) is 37.6 Å². The van der Waals surface area contributed by atoms with Crippen LogP contribution in [0.25, 0.3) is 0 Å². The van der Waals surface area contributed by atoms with Crippen LogP contribution in [0.3, 0.4) is 0 Å². The van der Waals surface area contributed by atoms with Crippen LogP contribution in [0.2, 0.25) is 0 Å². The third-order valence-corrected chi connectivity index (χ3v) is 5.91. The molecule has 2 aromatic rings. The topological polar surface area (TPSA) is 51.2 Å². The molecule has 0 bridgehead atoms. The zero-order valence-corrected chi connectivity index (χ0v) is 17.4. The number of benzene rings is 2. The molecule has 5 atom stereocenters. The first-order valence-electron chi connectivity index (χ1n) is 11.1. The molecule has 31 heavy (non-hydrogen) atoms. The van der Waals surface area contributed by atoms with Crippen LogP contribution in [0, 0.1) is 0 Å². The van der Waals surface area contributed by atoms with Crippen LogP contribution in [0.5, 0.6) is 0 Å². The lowest BCUT2D eigenvalue weighted by Gasteiger charge is -2.23. The number of epoxide rings is 1. The van der Waals surface area contributed by atoms with Crippen molar-refractivity contribution in [3.63, 3.8) is 0 Å². The minimum absolute atomic E-state index is 0. The predicted molar refractivity (Wildman–Crippen MR) is 124 cm³/mol. The van der Waals surface area contributed by atoms with Gasteiger partial charge >= 0.3 is 0 Å². The van der Waals surface area contributed by atoms with Gasteiger partial charge in [-0.3, -0.25) is 0 Å². The lowest BCUT2D eigenvalue weighted by molar-refractivity contribution is -0.0339. The van der Waals surface area contributed by atoms with Gasteiger partial charge in [0.1, 0.15) is 6.10 Å². The maximum absolute atomic E-state index is 9.64. The molecule has 1 aliphatic heterocycles. The van der Waals surface area contributed by atoms with Gasteiger partial charge in [0.15, 0.2) is 0 Å². The smallest absolute Gasteiger partial charge is 0.110 e. The fourth-order valence-electron chi connectivity index (χ4n) is 4.11. The molecular formula is C27H36O4. The van der Waals surface area contributed by atoms with E-state index in [1.54, 1.807) is 0 Å². The van der Waals surface area contributed by atoms with Crippen LogP contribution in [0.1, 0.15) is 50.7 Å². The second kappa shape index (κ2) is 12.2. The molecule has 4 nitrogen and oxygen atoms in total. The van der Waals surface area contributed by atoms with Crippen molar-refractivity contribution < 1.29 is 19.3 Å². The first-order valence-corrected chi connectivity index (χ1v) is 11.1. The summed E-state index contributed by atoms with van der Waals surface area (Å²) in [5.74, 6) is 0. The quantitative estimate of drug-likeness (QED) is 0.495. The molecule has 1 N–H and O–H groups in total. The van der Waals surface area contributed by atoms with Gasteiger partial charge in [0.25, 0.3) is 0 Å². The Labute approximate surface area is 186 Å². The minimum atomic E-state index is -0.442. The minimum Gasteiger partial charge on any atom is -0.386 e. The van der Waals surface area contributed by atoms with Gasteiger partial charge in [0.2, 0.25) is 0 Å². The first kappa shape index (κ1) is 23.7. The third-order valence-electron chi connectivity index (χ3n) is 5.91. The van der Waals surface area contributed by atoms with Crippen LogP contribution in [-0.2, 0) is 27.4 Å². The average molecular weight is 425 g/mol. The Morgan fingerprint density at radius 2 is 1.42 bits per heavy atom. The van der Waals surface area contributed by atoms with Crippen molar-refractivity contribution in [1.29, 1.82) is 0 Å². The molecule has 1 saturated heterocycles. The summed E-state index contributed by atoms with van der Waals surface area (Å²) in [7, 11) is 0. The summed E-state index contributed by atoms with van der Waals surface area (Å²) in [6.07, 6.45) is 10.1. The Kier molecular flexibility index (Phi) is 9.29. The second-order valence-corrected chi connectivity index (χ2v) is 8.24. The van der Waals surface area contributed by atoms with E-state index in [1.807, 2.05) is 48.6 Å². The van der Waals surface area contributed by atoms with E-state index in [0.29, 0.717) is 24.9 Å². The molecule has 5 rings (SSSR count). The summed E-state index contributed by atoms with van der Waals surface area (Å²) in [4.78, 5) is 0. The zero-order valence-electron chi connectivity index (χ0n) is 17.4. The highest BCUT2D eigenvalue weighted by molar-refractivity contribution is 5.14. The van der Waals surface area contributed by atoms with E-state index in [0.717, 1.165) is 31.4 Å². The van der Waals surface area contributed by atoms with Gasteiger partial charge in [0, 0.05) is 0 Å². The van der Waals surface area contributed by atoms with E-state index in [4.69, 9.17) is 14.2 Å². The van der Waals surface area contributed by atoms with Crippen molar-refractivity contribution in [3.05, 3.63) is 83.9 Å². The molecule has 5 unspecified atom stereocenters. The van der Waals surface area contributed by atoms with E-state index in [-0.39, 0.29) is 13.5 Å². The average Bonchev–Trinajstić information content (AvgIpc) is 3.60. The summed E-state index contributed by atoms with van der Waals surface area (Å²) in [6.45, 7) is 1.30. The molecule has 0 spiro atoms.